The molecule has 2 N–H and O–H groups in total. The number of ether oxygens (including phenoxy) is 1. The van der Waals surface area contributed by atoms with Crippen molar-refractivity contribution in [2.75, 3.05) is 19.7 Å². The van der Waals surface area contributed by atoms with Gasteiger partial charge in [0.25, 0.3) is 0 Å². The van der Waals surface area contributed by atoms with E-state index < -0.39 is 0 Å². The van der Waals surface area contributed by atoms with Crippen molar-refractivity contribution in [3.8, 4) is 0 Å². The lowest BCUT2D eigenvalue weighted by molar-refractivity contribution is -0.126. The molecule has 0 aromatic rings. The molecule has 1 saturated carbocycles. The molecular formula is C14H28N2O. The van der Waals surface area contributed by atoms with Crippen molar-refractivity contribution in [2.24, 2.45) is 5.73 Å². The van der Waals surface area contributed by atoms with Gasteiger partial charge in [0, 0.05) is 24.7 Å². The maximum Gasteiger partial charge on any atom is 0.0731 e. The van der Waals surface area contributed by atoms with Crippen LogP contribution in [0.2, 0.25) is 0 Å². The van der Waals surface area contributed by atoms with Crippen LogP contribution in [0.1, 0.15) is 52.4 Å². The molecule has 1 aliphatic carbocycles. The molecule has 2 atom stereocenters. The smallest absolute Gasteiger partial charge is 0.0731 e. The lowest BCUT2D eigenvalue weighted by Crippen LogP contribution is -2.64. The topological polar surface area (TPSA) is 38.5 Å². The predicted octanol–water partition coefficient (Wildman–Crippen LogP) is 2.15. The quantitative estimate of drug-likeness (QED) is 0.818. The van der Waals surface area contributed by atoms with Crippen molar-refractivity contribution in [1.82, 2.24) is 4.90 Å². The van der Waals surface area contributed by atoms with Gasteiger partial charge in [-0.1, -0.05) is 26.7 Å². The average molecular weight is 240 g/mol. The summed E-state index contributed by atoms with van der Waals surface area (Å²) < 4.78 is 5.96. The fourth-order valence-electron chi connectivity index (χ4n) is 3.75. The Hall–Kier alpha value is -0.120. The molecule has 1 aliphatic heterocycles. The standard InChI is InChI=1S/C14H28N2O/c1-3-14(4-2,11-15)16-9-10-17-13-8-6-5-7-12(13)16/h12-13H,3-11,15H2,1-2H3. The molecule has 3 nitrogen and oxygen atoms in total. The van der Waals surface area contributed by atoms with Gasteiger partial charge in [-0.2, -0.15) is 0 Å². The van der Waals surface area contributed by atoms with E-state index in [1.54, 1.807) is 0 Å². The molecule has 2 fully saturated rings. The molecule has 2 aliphatic rings. The number of rotatable bonds is 4. The van der Waals surface area contributed by atoms with Crippen LogP contribution in [0, 0.1) is 0 Å². The van der Waals surface area contributed by atoms with Gasteiger partial charge >= 0.3 is 0 Å². The Morgan fingerprint density at radius 1 is 1.24 bits per heavy atom. The van der Waals surface area contributed by atoms with Gasteiger partial charge in [-0.15, -0.1) is 0 Å². The number of nitrogens with zero attached hydrogens (tertiary/aromatic N) is 1. The maximum absolute atomic E-state index is 6.10. The molecule has 2 rings (SSSR count). The third-order valence-corrected chi connectivity index (χ3v) is 5.04. The largest absolute Gasteiger partial charge is 0.375 e. The van der Waals surface area contributed by atoms with E-state index in [0.29, 0.717) is 12.1 Å². The second-order valence-corrected chi connectivity index (χ2v) is 5.59. The summed E-state index contributed by atoms with van der Waals surface area (Å²) in [6.45, 7) is 7.31. The van der Waals surface area contributed by atoms with Crippen LogP contribution < -0.4 is 5.73 Å². The molecule has 100 valence electrons. The van der Waals surface area contributed by atoms with Crippen LogP contribution in [0.4, 0.5) is 0 Å². The number of hydrogen-bond donors (Lipinski definition) is 1. The van der Waals surface area contributed by atoms with Crippen LogP contribution >= 0.6 is 0 Å². The van der Waals surface area contributed by atoms with E-state index in [4.69, 9.17) is 10.5 Å². The van der Waals surface area contributed by atoms with Crippen molar-refractivity contribution in [1.29, 1.82) is 0 Å². The Balaban J connectivity index is 2.16. The molecule has 0 radical (unpaired) electrons. The molecule has 2 unspecified atom stereocenters. The van der Waals surface area contributed by atoms with Crippen LogP contribution in [-0.4, -0.2) is 42.3 Å². The molecule has 0 aromatic heterocycles. The van der Waals surface area contributed by atoms with E-state index in [2.05, 4.69) is 18.7 Å². The first-order chi connectivity index (χ1) is 8.27. The maximum atomic E-state index is 6.10. The second-order valence-electron chi connectivity index (χ2n) is 5.59. The lowest BCUT2D eigenvalue weighted by atomic mass is 9.83. The molecule has 0 spiro atoms. The molecular weight excluding hydrogens is 212 g/mol. The fraction of sp³-hybridized carbons (Fsp3) is 1.00. The molecule has 1 saturated heterocycles. The lowest BCUT2D eigenvalue weighted by Gasteiger charge is -2.53. The van der Waals surface area contributed by atoms with Gasteiger partial charge in [-0.3, -0.25) is 4.90 Å². The zero-order valence-electron chi connectivity index (χ0n) is 11.5. The molecule has 0 bridgehead atoms. The minimum Gasteiger partial charge on any atom is -0.375 e. The van der Waals surface area contributed by atoms with E-state index in [0.717, 1.165) is 32.5 Å². The summed E-state index contributed by atoms with van der Waals surface area (Å²) in [6, 6.07) is 0.626. The summed E-state index contributed by atoms with van der Waals surface area (Å²) in [7, 11) is 0. The minimum atomic E-state index is 0.212. The van der Waals surface area contributed by atoms with Crippen LogP contribution in [0.25, 0.3) is 0 Å². The van der Waals surface area contributed by atoms with Gasteiger partial charge < -0.3 is 10.5 Å². The van der Waals surface area contributed by atoms with E-state index in [1.165, 1.54) is 25.7 Å². The highest BCUT2D eigenvalue weighted by molar-refractivity contribution is 4.98. The third kappa shape index (κ3) is 2.38. The van der Waals surface area contributed by atoms with E-state index >= 15 is 0 Å². The van der Waals surface area contributed by atoms with Crippen LogP contribution in [-0.2, 0) is 4.74 Å². The van der Waals surface area contributed by atoms with E-state index in [9.17, 15) is 0 Å². The Bertz CT molecular complexity index is 230. The second kappa shape index (κ2) is 5.68. The fourth-order valence-corrected chi connectivity index (χ4v) is 3.75. The highest BCUT2D eigenvalue weighted by atomic mass is 16.5. The number of fused-ring (bicyclic) bond motifs is 1. The first-order valence-corrected chi connectivity index (χ1v) is 7.36. The summed E-state index contributed by atoms with van der Waals surface area (Å²) in [5.74, 6) is 0. The van der Waals surface area contributed by atoms with Crippen LogP contribution in [0.15, 0.2) is 0 Å². The Kier molecular flexibility index (Phi) is 4.45. The van der Waals surface area contributed by atoms with Crippen LogP contribution in [0.5, 0.6) is 0 Å². The van der Waals surface area contributed by atoms with Gasteiger partial charge in [0.05, 0.1) is 12.7 Å². The summed E-state index contributed by atoms with van der Waals surface area (Å²) in [5.41, 5.74) is 6.31. The number of nitrogens with two attached hydrogens (primary N) is 1. The van der Waals surface area contributed by atoms with Gasteiger partial charge in [-0.25, -0.2) is 0 Å². The molecule has 17 heavy (non-hydrogen) atoms. The van der Waals surface area contributed by atoms with Crippen molar-refractivity contribution >= 4 is 0 Å². The summed E-state index contributed by atoms with van der Waals surface area (Å²) >= 11 is 0. The van der Waals surface area contributed by atoms with Crippen molar-refractivity contribution in [2.45, 2.75) is 70.1 Å². The highest BCUT2D eigenvalue weighted by Crippen LogP contribution is 2.35. The van der Waals surface area contributed by atoms with Crippen molar-refractivity contribution < 1.29 is 4.74 Å². The SMILES string of the molecule is CCC(CC)(CN)N1CCOC2CCCCC21. The monoisotopic (exact) mass is 240 g/mol. The van der Waals surface area contributed by atoms with Gasteiger partial charge in [0.2, 0.25) is 0 Å². The number of hydrogen-bond acceptors (Lipinski definition) is 3. The van der Waals surface area contributed by atoms with Crippen LogP contribution in [0.3, 0.4) is 0 Å². The molecule has 0 amide bonds. The zero-order chi connectivity index (χ0) is 12.3. The molecule has 1 heterocycles. The van der Waals surface area contributed by atoms with E-state index in [-0.39, 0.29) is 5.54 Å². The summed E-state index contributed by atoms with van der Waals surface area (Å²) in [5, 5.41) is 0. The normalized spacial score (nSPS) is 31.2. The highest BCUT2D eigenvalue weighted by Gasteiger charge is 2.43. The average Bonchev–Trinajstić information content (AvgIpc) is 2.41. The van der Waals surface area contributed by atoms with Gasteiger partial charge in [0.15, 0.2) is 0 Å². The Morgan fingerprint density at radius 3 is 2.59 bits per heavy atom. The Labute approximate surface area is 106 Å². The van der Waals surface area contributed by atoms with Crippen molar-refractivity contribution in [3.63, 3.8) is 0 Å². The summed E-state index contributed by atoms with van der Waals surface area (Å²) in [6.07, 6.45) is 8.02. The van der Waals surface area contributed by atoms with Gasteiger partial charge in [0.1, 0.15) is 0 Å². The summed E-state index contributed by atoms with van der Waals surface area (Å²) in [4.78, 5) is 2.69. The Morgan fingerprint density at radius 2 is 1.94 bits per heavy atom. The third-order valence-electron chi connectivity index (χ3n) is 5.04. The molecule has 0 aromatic carbocycles. The van der Waals surface area contributed by atoms with Crippen molar-refractivity contribution in [3.05, 3.63) is 0 Å². The predicted molar refractivity (Wildman–Crippen MR) is 71.1 cm³/mol. The zero-order valence-corrected chi connectivity index (χ0v) is 11.5. The minimum absolute atomic E-state index is 0.212. The van der Waals surface area contributed by atoms with Gasteiger partial charge in [-0.05, 0) is 25.7 Å². The first kappa shape index (κ1) is 13.3. The number of morpholine rings is 1. The first-order valence-electron chi connectivity index (χ1n) is 7.36. The molecule has 3 heteroatoms. The van der Waals surface area contributed by atoms with E-state index in [1.807, 2.05) is 0 Å².